The third-order valence-electron chi connectivity index (χ3n) is 3.03. The van der Waals surface area contributed by atoms with Crippen LogP contribution in [0.15, 0.2) is 24.4 Å². The van der Waals surface area contributed by atoms with Crippen molar-refractivity contribution in [3.05, 3.63) is 24.4 Å². The Morgan fingerprint density at radius 2 is 2.14 bits per heavy atom. The third-order valence-corrected chi connectivity index (χ3v) is 3.03. The first kappa shape index (κ1) is 15.1. The topological polar surface area (TPSA) is 93.8 Å². The number of rotatable bonds is 5. The Kier molecular flexibility index (Phi) is 4.30. The van der Waals surface area contributed by atoms with Crippen molar-refractivity contribution in [1.29, 1.82) is 0 Å². The van der Waals surface area contributed by atoms with E-state index in [1.165, 1.54) is 4.68 Å². The lowest BCUT2D eigenvalue weighted by atomic mass is 9.84. The van der Waals surface area contributed by atoms with Crippen LogP contribution in [0.2, 0.25) is 0 Å². The summed E-state index contributed by atoms with van der Waals surface area (Å²) in [5, 5.41) is 20.9. The van der Waals surface area contributed by atoms with Gasteiger partial charge in [0.05, 0.1) is 12.5 Å². The fourth-order valence-corrected chi connectivity index (χ4v) is 2.18. The Morgan fingerprint density at radius 1 is 1.38 bits per heavy atom. The van der Waals surface area contributed by atoms with E-state index in [-0.39, 0.29) is 12.0 Å². The van der Waals surface area contributed by atoms with Crippen molar-refractivity contribution in [3.8, 4) is 11.5 Å². The molecule has 1 N–H and O–H groups in total. The van der Waals surface area contributed by atoms with Crippen molar-refractivity contribution in [2.24, 2.45) is 11.3 Å². The standard InChI is InChI=1S/C14H19N5O2/c1-14(2,3)8-10(13(20)21)9-19-12(16-17-18-19)11-6-4-5-7-15-11/h4-7,10H,8-9H2,1-3H3,(H,20,21). The van der Waals surface area contributed by atoms with Crippen LogP contribution in [-0.2, 0) is 11.3 Å². The Bertz CT molecular complexity index is 603. The molecule has 2 rings (SSSR count). The summed E-state index contributed by atoms with van der Waals surface area (Å²) in [5.41, 5.74) is 0.546. The second-order valence-corrected chi connectivity index (χ2v) is 6.20. The molecule has 0 spiro atoms. The lowest BCUT2D eigenvalue weighted by Gasteiger charge is -2.23. The molecule has 7 heteroatoms. The van der Waals surface area contributed by atoms with Crippen LogP contribution in [0.1, 0.15) is 27.2 Å². The molecule has 0 saturated heterocycles. The SMILES string of the molecule is CC(C)(C)CC(Cn1nnnc1-c1ccccn1)C(=O)O. The minimum absolute atomic E-state index is 0.0811. The molecule has 7 nitrogen and oxygen atoms in total. The van der Waals surface area contributed by atoms with Gasteiger partial charge in [-0.1, -0.05) is 26.8 Å². The summed E-state index contributed by atoms with van der Waals surface area (Å²) < 4.78 is 1.51. The second-order valence-electron chi connectivity index (χ2n) is 6.20. The Labute approximate surface area is 123 Å². The first-order chi connectivity index (χ1) is 9.87. The summed E-state index contributed by atoms with van der Waals surface area (Å²) >= 11 is 0. The Morgan fingerprint density at radius 3 is 2.71 bits per heavy atom. The number of pyridine rings is 1. The van der Waals surface area contributed by atoms with Gasteiger partial charge in [0.25, 0.3) is 0 Å². The molecule has 21 heavy (non-hydrogen) atoms. The summed E-state index contributed by atoms with van der Waals surface area (Å²) in [6.45, 7) is 6.28. The molecule has 0 fully saturated rings. The number of aliphatic carboxylic acids is 1. The van der Waals surface area contributed by atoms with Crippen molar-refractivity contribution in [2.45, 2.75) is 33.7 Å². The first-order valence-corrected chi connectivity index (χ1v) is 6.77. The Hall–Kier alpha value is -2.31. The van der Waals surface area contributed by atoms with Gasteiger partial charge in [0.1, 0.15) is 5.69 Å². The van der Waals surface area contributed by atoms with Gasteiger partial charge < -0.3 is 5.11 Å². The van der Waals surface area contributed by atoms with Crippen LogP contribution < -0.4 is 0 Å². The quantitative estimate of drug-likeness (QED) is 0.903. The van der Waals surface area contributed by atoms with E-state index in [0.717, 1.165) is 0 Å². The van der Waals surface area contributed by atoms with Gasteiger partial charge in [-0.05, 0) is 34.4 Å². The molecule has 0 aliphatic carbocycles. The van der Waals surface area contributed by atoms with Gasteiger partial charge in [-0.25, -0.2) is 4.68 Å². The summed E-state index contributed by atoms with van der Waals surface area (Å²) in [4.78, 5) is 15.7. The average Bonchev–Trinajstić information content (AvgIpc) is 2.85. The highest BCUT2D eigenvalue weighted by Gasteiger charge is 2.26. The number of hydrogen-bond acceptors (Lipinski definition) is 5. The van der Waals surface area contributed by atoms with Gasteiger partial charge in [0.2, 0.25) is 5.82 Å². The fourth-order valence-electron chi connectivity index (χ4n) is 2.18. The molecule has 0 amide bonds. The normalized spacial score (nSPS) is 13.1. The maximum absolute atomic E-state index is 11.5. The number of carboxylic acids is 1. The zero-order valence-electron chi connectivity index (χ0n) is 12.4. The molecular formula is C14H19N5O2. The molecule has 112 valence electrons. The zero-order valence-corrected chi connectivity index (χ0v) is 12.4. The lowest BCUT2D eigenvalue weighted by Crippen LogP contribution is -2.26. The second kappa shape index (κ2) is 5.99. The monoisotopic (exact) mass is 289 g/mol. The van der Waals surface area contributed by atoms with E-state index in [0.29, 0.717) is 17.9 Å². The van der Waals surface area contributed by atoms with Gasteiger partial charge in [0.15, 0.2) is 0 Å². The summed E-state index contributed by atoms with van der Waals surface area (Å²) in [7, 11) is 0. The highest BCUT2D eigenvalue weighted by molar-refractivity contribution is 5.70. The molecule has 0 aliphatic heterocycles. The van der Waals surface area contributed by atoms with Gasteiger partial charge in [0, 0.05) is 6.20 Å². The smallest absolute Gasteiger partial charge is 0.308 e. The number of hydrogen-bond donors (Lipinski definition) is 1. The number of nitrogens with zero attached hydrogens (tertiary/aromatic N) is 5. The molecule has 2 heterocycles. The largest absolute Gasteiger partial charge is 0.481 e. The predicted octanol–water partition coefficient (Wildman–Crippen LogP) is 1.87. The summed E-state index contributed by atoms with van der Waals surface area (Å²) in [5.74, 6) is -0.904. The molecule has 0 aliphatic rings. The third kappa shape index (κ3) is 4.08. The minimum Gasteiger partial charge on any atom is -0.481 e. The first-order valence-electron chi connectivity index (χ1n) is 6.77. The minimum atomic E-state index is -0.840. The number of carboxylic acid groups (broad SMARTS) is 1. The maximum Gasteiger partial charge on any atom is 0.308 e. The van der Waals surface area contributed by atoms with Crippen LogP contribution in [-0.4, -0.2) is 36.3 Å². The molecule has 0 saturated carbocycles. The predicted molar refractivity (Wildman–Crippen MR) is 76.2 cm³/mol. The van der Waals surface area contributed by atoms with E-state index >= 15 is 0 Å². The van der Waals surface area contributed by atoms with E-state index in [4.69, 9.17) is 0 Å². The molecule has 0 radical (unpaired) electrons. The number of aromatic nitrogens is 5. The van der Waals surface area contributed by atoms with E-state index in [1.807, 2.05) is 26.8 Å². The van der Waals surface area contributed by atoms with Crippen LogP contribution >= 0.6 is 0 Å². The molecule has 1 unspecified atom stereocenters. The van der Waals surface area contributed by atoms with Gasteiger partial charge >= 0.3 is 5.97 Å². The van der Waals surface area contributed by atoms with E-state index < -0.39 is 11.9 Å². The van der Waals surface area contributed by atoms with E-state index in [1.54, 1.807) is 18.3 Å². The summed E-state index contributed by atoms with van der Waals surface area (Å²) in [6.07, 6.45) is 2.20. The maximum atomic E-state index is 11.5. The fraction of sp³-hybridized carbons (Fsp3) is 0.500. The molecule has 0 bridgehead atoms. The van der Waals surface area contributed by atoms with Gasteiger partial charge in [-0.3, -0.25) is 9.78 Å². The van der Waals surface area contributed by atoms with Crippen LogP contribution in [0.25, 0.3) is 11.5 Å². The number of tetrazole rings is 1. The molecular weight excluding hydrogens is 270 g/mol. The van der Waals surface area contributed by atoms with Gasteiger partial charge in [-0.2, -0.15) is 0 Å². The molecule has 1 atom stereocenters. The average molecular weight is 289 g/mol. The van der Waals surface area contributed by atoms with Gasteiger partial charge in [-0.15, -0.1) is 5.10 Å². The van der Waals surface area contributed by atoms with Crippen LogP contribution in [0, 0.1) is 11.3 Å². The van der Waals surface area contributed by atoms with Crippen molar-refractivity contribution < 1.29 is 9.90 Å². The van der Waals surface area contributed by atoms with E-state index in [2.05, 4.69) is 20.5 Å². The van der Waals surface area contributed by atoms with Crippen molar-refractivity contribution in [1.82, 2.24) is 25.2 Å². The van der Waals surface area contributed by atoms with Crippen LogP contribution in [0.4, 0.5) is 0 Å². The molecule has 2 aromatic heterocycles. The Balaban J connectivity index is 2.23. The summed E-state index contributed by atoms with van der Waals surface area (Å²) in [6, 6.07) is 5.43. The lowest BCUT2D eigenvalue weighted by molar-refractivity contribution is -0.143. The zero-order chi connectivity index (χ0) is 15.5. The highest BCUT2D eigenvalue weighted by Crippen LogP contribution is 2.26. The highest BCUT2D eigenvalue weighted by atomic mass is 16.4. The van der Waals surface area contributed by atoms with Crippen molar-refractivity contribution in [3.63, 3.8) is 0 Å². The van der Waals surface area contributed by atoms with Crippen LogP contribution in [0.3, 0.4) is 0 Å². The van der Waals surface area contributed by atoms with Crippen molar-refractivity contribution in [2.75, 3.05) is 0 Å². The molecule has 2 aromatic rings. The molecule has 0 aromatic carbocycles. The van der Waals surface area contributed by atoms with Crippen LogP contribution in [0.5, 0.6) is 0 Å². The van der Waals surface area contributed by atoms with Crippen molar-refractivity contribution >= 4 is 5.97 Å². The number of carbonyl (C=O) groups is 1. The van der Waals surface area contributed by atoms with E-state index in [9.17, 15) is 9.90 Å².